The van der Waals surface area contributed by atoms with Crippen molar-refractivity contribution in [1.82, 2.24) is 19.8 Å². The van der Waals surface area contributed by atoms with Crippen molar-refractivity contribution >= 4 is 34.6 Å². The van der Waals surface area contributed by atoms with Gasteiger partial charge in [0.25, 0.3) is 11.8 Å². The van der Waals surface area contributed by atoms with Gasteiger partial charge in [0, 0.05) is 40.0 Å². The van der Waals surface area contributed by atoms with E-state index in [2.05, 4.69) is 32.1 Å². The molecule has 2 amide bonds. The number of hydrogen-bond acceptors (Lipinski definition) is 6. The quantitative estimate of drug-likeness (QED) is 0.348. The lowest BCUT2D eigenvalue weighted by atomic mass is 10.1. The van der Waals surface area contributed by atoms with E-state index < -0.39 is 0 Å². The molecule has 8 nitrogen and oxygen atoms in total. The number of aromatic nitrogens is 2. The van der Waals surface area contributed by atoms with Crippen molar-refractivity contribution in [3.8, 4) is 0 Å². The molecule has 2 aliphatic heterocycles. The molecule has 2 aliphatic rings. The van der Waals surface area contributed by atoms with Crippen LogP contribution in [0.2, 0.25) is 0 Å². The summed E-state index contributed by atoms with van der Waals surface area (Å²) in [6.07, 6.45) is 1.39. The number of para-hydroxylation sites is 2. The minimum atomic E-state index is -0.210. The predicted octanol–water partition coefficient (Wildman–Crippen LogP) is 4.67. The van der Waals surface area contributed by atoms with Crippen molar-refractivity contribution in [1.29, 1.82) is 0 Å². The summed E-state index contributed by atoms with van der Waals surface area (Å²) in [6, 6.07) is 26.8. The van der Waals surface area contributed by atoms with Crippen LogP contribution in [0.15, 0.2) is 94.9 Å². The maximum atomic E-state index is 13.2. The molecule has 0 saturated heterocycles. The second kappa shape index (κ2) is 10.6. The largest absolute Gasteiger partial charge is 0.339 e. The van der Waals surface area contributed by atoms with E-state index in [1.54, 1.807) is 36.0 Å². The Labute approximate surface area is 232 Å². The van der Waals surface area contributed by atoms with E-state index in [1.807, 2.05) is 60.7 Å². The molecule has 0 bridgehead atoms. The monoisotopic (exact) mass is 528 g/mol. The lowest BCUT2D eigenvalue weighted by Gasteiger charge is -2.22. The number of pyridine rings is 2. The zero-order chi connectivity index (χ0) is 27.6. The van der Waals surface area contributed by atoms with Gasteiger partial charge in [0.05, 0.1) is 34.2 Å². The number of hydrogen-bond donors (Lipinski definition) is 0. The zero-order valence-corrected chi connectivity index (χ0v) is 22.4. The Bertz CT molecular complexity index is 1570. The van der Waals surface area contributed by atoms with Crippen LogP contribution in [0.25, 0.3) is 0 Å². The third-order valence-electron chi connectivity index (χ3n) is 7.20. The number of carbonyl (C=O) groups is 2. The van der Waals surface area contributed by atoms with Crippen molar-refractivity contribution < 1.29 is 9.59 Å². The number of amides is 2. The molecule has 40 heavy (non-hydrogen) atoms. The molecular formula is C32H28N6O2. The molecule has 0 unspecified atom stereocenters. The van der Waals surface area contributed by atoms with Crippen LogP contribution in [0.4, 0.5) is 11.4 Å². The van der Waals surface area contributed by atoms with Crippen molar-refractivity contribution in [2.45, 2.75) is 12.8 Å². The van der Waals surface area contributed by atoms with Gasteiger partial charge in [-0.1, -0.05) is 48.5 Å². The molecule has 0 radical (unpaired) electrons. The lowest BCUT2D eigenvalue weighted by molar-refractivity contribution is 0.0713. The number of carbonyl (C=O) groups excluding carboxylic acids is 2. The summed E-state index contributed by atoms with van der Waals surface area (Å²) in [7, 11) is 3.43. The summed E-state index contributed by atoms with van der Waals surface area (Å²) in [5.41, 5.74) is 8.00. The molecule has 198 valence electrons. The molecule has 4 heterocycles. The van der Waals surface area contributed by atoms with Gasteiger partial charge in [-0.15, -0.1) is 0 Å². The van der Waals surface area contributed by atoms with Gasteiger partial charge in [-0.25, -0.2) is 9.97 Å². The maximum Gasteiger partial charge on any atom is 0.272 e. The Hall–Kier alpha value is -4.98. The van der Waals surface area contributed by atoms with Gasteiger partial charge in [0.15, 0.2) is 0 Å². The Morgan fingerprint density at radius 1 is 0.600 bits per heavy atom. The van der Waals surface area contributed by atoms with Gasteiger partial charge >= 0.3 is 0 Å². The lowest BCUT2D eigenvalue weighted by Crippen LogP contribution is -2.38. The minimum absolute atomic E-state index is 0.210. The summed E-state index contributed by atoms with van der Waals surface area (Å²) < 4.78 is 0. The third-order valence-corrected chi connectivity index (χ3v) is 7.20. The average Bonchev–Trinajstić information content (AvgIpc) is 3.64. The SMILES string of the molecule is CN(CCN(C)C(=O)c1cccc(C2=Nc3ccccc3C2)n1)C(=O)c1cccc(C2=Nc3ccccc3C2)n1. The first-order valence-corrected chi connectivity index (χ1v) is 13.2. The highest BCUT2D eigenvalue weighted by molar-refractivity contribution is 6.06. The molecule has 0 saturated carbocycles. The van der Waals surface area contributed by atoms with Gasteiger partial charge in [0.1, 0.15) is 11.4 Å². The molecule has 0 atom stereocenters. The second-order valence-electron chi connectivity index (χ2n) is 10.00. The average molecular weight is 529 g/mol. The van der Waals surface area contributed by atoms with Crippen molar-refractivity contribution in [2.75, 3.05) is 27.2 Å². The van der Waals surface area contributed by atoms with Crippen LogP contribution in [0.5, 0.6) is 0 Å². The van der Waals surface area contributed by atoms with Crippen molar-refractivity contribution in [3.05, 3.63) is 119 Å². The summed E-state index contributed by atoms with van der Waals surface area (Å²) in [6.45, 7) is 0.697. The Kier molecular flexibility index (Phi) is 6.74. The number of benzene rings is 2. The van der Waals surface area contributed by atoms with Crippen molar-refractivity contribution in [3.63, 3.8) is 0 Å². The van der Waals surface area contributed by atoms with E-state index >= 15 is 0 Å². The van der Waals surface area contributed by atoms with E-state index in [-0.39, 0.29) is 11.8 Å². The topological polar surface area (TPSA) is 91.1 Å². The van der Waals surface area contributed by atoms with Crippen LogP contribution in [0.1, 0.15) is 43.5 Å². The van der Waals surface area contributed by atoms with E-state index in [0.717, 1.165) is 33.9 Å². The number of nitrogens with zero attached hydrogens (tertiary/aromatic N) is 6. The van der Waals surface area contributed by atoms with Crippen LogP contribution in [0.3, 0.4) is 0 Å². The number of rotatable bonds is 7. The highest BCUT2D eigenvalue weighted by atomic mass is 16.2. The van der Waals surface area contributed by atoms with Crippen LogP contribution in [0, 0.1) is 0 Å². The Morgan fingerprint density at radius 3 is 1.45 bits per heavy atom. The number of likely N-dealkylation sites (N-methyl/N-ethyl adjacent to an activating group) is 2. The fourth-order valence-corrected chi connectivity index (χ4v) is 4.89. The molecule has 6 rings (SSSR count). The summed E-state index contributed by atoms with van der Waals surface area (Å²) in [5, 5.41) is 0. The second-order valence-corrected chi connectivity index (χ2v) is 10.00. The molecule has 0 aliphatic carbocycles. The van der Waals surface area contributed by atoms with Crippen LogP contribution in [-0.2, 0) is 12.8 Å². The van der Waals surface area contributed by atoms with Gasteiger partial charge in [-0.2, -0.15) is 0 Å². The van der Waals surface area contributed by atoms with Crippen LogP contribution < -0.4 is 0 Å². The van der Waals surface area contributed by atoms with E-state index in [1.165, 1.54) is 0 Å². The predicted molar refractivity (Wildman–Crippen MR) is 155 cm³/mol. The van der Waals surface area contributed by atoms with Crippen LogP contribution >= 0.6 is 0 Å². The van der Waals surface area contributed by atoms with E-state index in [4.69, 9.17) is 0 Å². The van der Waals surface area contributed by atoms with Gasteiger partial charge in [-0.3, -0.25) is 19.6 Å². The third kappa shape index (κ3) is 5.03. The Balaban J connectivity index is 1.08. The molecule has 2 aromatic heterocycles. The first-order valence-electron chi connectivity index (χ1n) is 13.2. The minimum Gasteiger partial charge on any atom is -0.339 e. The summed E-state index contributed by atoms with van der Waals surface area (Å²) in [4.78, 5) is 48.1. The normalized spacial score (nSPS) is 13.2. The van der Waals surface area contributed by atoms with Crippen molar-refractivity contribution in [2.24, 2.45) is 9.98 Å². The number of aliphatic imine (C=N–C) groups is 2. The van der Waals surface area contributed by atoms with Gasteiger partial charge in [0.2, 0.25) is 0 Å². The molecule has 8 heteroatoms. The fraction of sp³-hybridized carbons (Fsp3) is 0.188. The van der Waals surface area contributed by atoms with Gasteiger partial charge < -0.3 is 9.80 Å². The highest BCUT2D eigenvalue weighted by Gasteiger charge is 2.22. The molecule has 0 spiro atoms. The molecule has 4 aromatic rings. The fourth-order valence-electron chi connectivity index (χ4n) is 4.89. The molecular weight excluding hydrogens is 500 g/mol. The van der Waals surface area contributed by atoms with Gasteiger partial charge in [-0.05, 0) is 47.5 Å². The van der Waals surface area contributed by atoms with E-state index in [0.29, 0.717) is 48.7 Å². The first kappa shape index (κ1) is 25.3. The molecule has 0 N–H and O–H groups in total. The summed E-state index contributed by atoms with van der Waals surface area (Å²) >= 11 is 0. The van der Waals surface area contributed by atoms with E-state index in [9.17, 15) is 9.59 Å². The number of fused-ring (bicyclic) bond motifs is 2. The zero-order valence-electron chi connectivity index (χ0n) is 22.4. The first-order chi connectivity index (χ1) is 19.5. The molecule has 0 fully saturated rings. The van der Waals surface area contributed by atoms with Crippen LogP contribution in [-0.4, -0.2) is 70.2 Å². The standard InChI is InChI=1S/C32H28N6O2/c1-37(31(39)27-15-7-13-25(35-27)29-19-21-9-3-5-11-23(21)33-29)17-18-38(2)32(40)28-16-8-14-26(36-28)30-20-22-10-4-6-12-24(22)34-30/h3-16H,17-20H2,1-2H3. The molecule has 2 aromatic carbocycles. The smallest absolute Gasteiger partial charge is 0.272 e. The highest BCUT2D eigenvalue weighted by Crippen LogP contribution is 2.29. The summed E-state index contributed by atoms with van der Waals surface area (Å²) in [5.74, 6) is -0.421. The maximum absolute atomic E-state index is 13.2. The Morgan fingerprint density at radius 2 is 1.02 bits per heavy atom.